The number of carboxylic acid groups (broad SMARTS) is 1. The van der Waals surface area contributed by atoms with E-state index in [1.54, 1.807) is 24.5 Å². The fourth-order valence-electron chi connectivity index (χ4n) is 1.35. The van der Waals surface area contributed by atoms with E-state index in [0.717, 1.165) is 10.4 Å². The van der Waals surface area contributed by atoms with Gasteiger partial charge < -0.3 is 5.11 Å². The lowest BCUT2D eigenvalue weighted by molar-refractivity contribution is 0.0685. The summed E-state index contributed by atoms with van der Waals surface area (Å²) in [6.45, 7) is 2.00. The van der Waals surface area contributed by atoms with Crippen LogP contribution >= 0.6 is 11.3 Å². The van der Waals surface area contributed by atoms with Gasteiger partial charge in [-0.05, 0) is 30.0 Å². The van der Waals surface area contributed by atoms with Crippen LogP contribution in [0.15, 0.2) is 17.5 Å². The Morgan fingerprint density at radius 2 is 2.27 bits per heavy atom. The van der Waals surface area contributed by atoms with Crippen molar-refractivity contribution in [2.75, 3.05) is 0 Å². The SMILES string of the molecule is Cc1csc(-c2cc(C(=O)O)n(C)n2)c1. The molecular formula is C10H10N2O2S. The van der Waals surface area contributed by atoms with Crippen LogP contribution in [0.25, 0.3) is 10.6 Å². The fourth-order valence-corrected chi connectivity index (χ4v) is 2.21. The number of nitrogens with zero attached hydrogens (tertiary/aromatic N) is 2. The molecule has 2 heterocycles. The average molecular weight is 222 g/mol. The highest BCUT2D eigenvalue weighted by atomic mass is 32.1. The molecule has 1 N–H and O–H groups in total. The normalized spacial score (nSPS) is 10.5. The minimum Gasteiger partial charge on any atom is -0.477 e. The molecule has 78 valence electrons. The van der Waals surface area contributed by atoms with Gasteiger partial charge in [0.25, 0.3) is 0 Å². The van der Waals surface area contributed by atoms with E-state index in [-0.39, 0.29) is 5.69 Å². The molecule has 0 aliphatic heterocycles. The lowest BCUT2D eigenvalue weighted by atomic mass is 10.3. The summed E-state index contributed by atoms with van der Waals surface area (Å²) in [5, 5.41) is 15.1. The molecule has 2 rings (SSSR count). The Morgan fingerprint density at radius 1 is 1.53 bits per heavy atom. The number of hydrogen-bond donors (Lipinski definition) is 1. The van der Waals surface area contributed by atoms with Crippen LogP contribution in [0.5, 0.6) is 0 Å². The van der Waals surface area contributed by atoms with Crippen LogP contribution < -0.4 is 0 Å². The summed E-state index contributed by atoms with van der Waals surface area (Å²) in [4.78, 5) is 11.8. The summed E-state index contributed by atoms with van der Waals surface area (Å²) < 4.78 is 1.38. The Kier molecular flexibility index (Phi) is 2.32. The first-order valence-electron chi connectivity index (χ1n) is 4.41. The molecule has 0 radical (unpaired) electrons. The van der Waals surface area contributed by atoms with Crippen molar-refractivity contribution < 1.29 is 9.90 Å². The highest BCUT2D eigenvalue weighted by Crippen LogP contribution is 2.26. The molecular weight excluding hydrogens is 212 g/mol. The van der Waals surface area contributed by atoms with E-state index in [0.29, 0.717) is 5.69 Å². The van der Waals surface area contributed by atoms with Crippen molar-refractivity contribution in [1.29, 1.82) is 0 Å². The number of rotatable bonds is 2. The van der Waals surface area contributed by atoms with Gasteiger partial charge in [0.15, 0.2) is 0 Å². The third-order valence-electron chi connectivity index (χ3n) is 2.08. The van der Waals surface area contributed by atoms with Crippen molar-refractivity contribution in [3.8, 4) is 10.6 Å². The molecule has 0 unspecified atom stereocenters. The summed E-state index contributed by atoms with van der Waals surface area (Å²) in [5.41, 5.74) is 2.08. The number of aromatic carboxylic acids is 1. The summed E-state index contributed by atoms with van der Waals surface area (Å²) in [6.07, 6.45) is 0. The van der Waals surface area contributed by atoms with E-state index in [4.69, 9.17) is 5.11 Å². The Bertz CT molecular complexity index is 513. The first-order valence-corrected chi connectivity index (χ1v) is 5.29. The summed E-state index contributed by atoms with van der Waals surface area (Å²) >= 11 is 1.57. The van der Waals surface area contributed by atoms with Gasteiger partial charge in [0.05, 0.1) is 4.88 Å². The predicted octanol–water partition coefficient (Wildman–Crippen LogP) is 2.16. The molecule has 0 fully saturated rings. The van der Waals surface area contributed by atoms with Gasteiger partial charge in [-0.1, -0.05) is 0 Å². The van der Waals surface area contributed by atoms with Gasteiger partial charge in [0.1, 0.15) is 11.4 Å². The summed E-state index contributed by atoms with van der Waals surface area (Å²) in [7, 11) is 1.63. The number of aryl methyl sites for hydroxylation is 2. The predicted molar refractivity (Wildman–Crippen MR) is 58.2 cm³/mol. The van der Waals surface area contributed by atoms with E-state index < -0.39 is 5.97 Å². The number of thiophene rings is 1. The third-order valence-corrected chi connectivity index (χ3v) is 3.15. The second kappa shape index (κ2) is 3.51. The minimum absolute atomic E-state index is 0.205. The van der Waals surface area contributed by atoms with Crippen LogP contribution in [0.4, 0.5) is 0 Å². The second-order valence-electron chi connectivity index (χ2n) is 3.33. The Hall–Kier alpha value is -1.62. The molecule has 15 heavy (non-hydrogen) atoms. The highest BCUT2D eigenvalue weighted by Gasteiger charge is 2.13. The van der Waals surface area contributed by atoms with Gasteiger partial charge in [-0.15, -0.1) is 11.3 Å². The van der Waals surface area contributed by atoms with Gasteiger partial charge >= 0.3 is 5.97 Å². The van der Waals surface area contributed by atoms with E-state index in [1.807, 2.05) is 18.4 Å². The van der Waals surface area contributed by atoms with Crippen molar-refractivity contribution in [2.45, 2.75) is 6.92 Å². The van der Waals surface area contributed by atoms with E-state index in [1.165, 1.54) is 4.68 Å². The largest absolute Gasteiger partial charge is 0.477 e. The average Bonchev–Trinajstić information content (AvgIpc) is 2.71. The standard InChI is InChI=1S/C10H10N2O2S/c1-6-3-9(15-5-6)7-4-8(10(13)14)12(2)11-7/h3-5H,1-2H3,(H,13,14). The number of aromatic nitrogens is 2. The summed E-state index contributed by atoms with van der Waals surface area (Å²) in [6, 6.07) is 3.59. The topological polar surface area (TPSA) is 55.1 Å². The maximum atomic E-state index is 10.8. The van der Waals surface area contributed by atoms with Crippen LogP contribution in [-0.4, -0.2) is 20.9 Å². The van der Waals surface area contributed by atoms with Crippen molar-refractivity contribution in [1.82, 2.24) is 9.78 Å². The molecule has 5 heteroatoms. The molecule has 2 aromatic rings. The van der Waals surface area contributed by atoms with Crippen LogP contribution in [0.3, 0.4) is 0 Å². The molecule has 2 aromatic heterocycles. The fraction of sp³-hybridized carbons (Fsp3) is 0.200. The minimum atomic E-state index is -0.954. The molecule has 0 aliphatic rings. The van der Waals surface area contributed by atoms with Crippen molar-refractivity contribution in [3.63, 3.8) is 0 Å². The molecule has 0 amide bonds. The van der Waals surface area contributed by atoms with Gasteiger partial charge in [-0.2, -0.15) is 5.10 Å². The first-order chi connectivity index (χ1) is 7.08. The number of hydrogen-bond acceptors (Lipinski definition) is 3. The Labute approximate surface area is 90.8 Å². The van der Waals surface area contributed by atoms with Gasteiger partial charge in [0, 0.05) is 7.05 Å². The highest BCUT2D eigenvalue weighted by molar-refractivity contribution is 7.13. The summed E-state index contributed by atoms with van der Waals surface area (Å²) in [5.74, 6) is -0.954. The smallest absolute Gasteiger partial charge is 0.354 e. The van der Waals surface area contributed by atoms with Crippen LogP contribution in [0.1, 0.15) is 16.1 Å². The lowest BCUT2D eigenvalue weighted by Gasteiger charge is -1.91. The van der Waals surface area contributed by atoms with Crippen LogP contribution in [0, 0.1) is 6.92 Å². The Balaban J connectivity index is 2.46. The number of carbonyl (C=O) groups is 1. The zero-order valence-electron chi connectivity index (χ0n) is 8.39. The third kappa shape index (κ3) is 1.78. The molecule has 0 spiro atoms. The van der Waals surface area contributed by atoms with E-state index in [2.05, 4.69) is 5.10 Å². The monoisotopic (exact) mass is 222 g/mol. The molecule has 0 aromatic carbocycles. The van der Waals surface area contributed by atoms with Gasteiger partial charge in [0.2, 0.25) is 0 Å². The van der Waals surface area contributed by atoms with Crippen molar-refractivity contribution in [2.24, 2.45) is 7.05 Å². The molecule has 0 aliphatic carbocycles. The molecule has 0 bridgehead atoms. The zero-order chi connectivity index (χ0) is 11.0. The quantitative estimate of drug-likeness (QED) is 0.847. The molecule has 0 saturated carbocycles. The molecule has 0 saturated heterocycles. The van der Waals surface area contributed by atoms with Crippen molar-refractivity contribution in [3.05, 3.63) is 28.8 Å². The van der Waals surface area contributed by atoms with Crippen LogP contribution in [-0.2, 0) is 7.05 Å². The maximum Gasteiger partial charge on any atom is 0.354 e. The van der Waals surface area contributed by atoms with E-state index >= 15 is 0 Å². The number of carboxylic acids is 1. The molecule has 4 nitrogen and oxygen atoms in total. The van der Waals surface area contributed by atoms with Crippen LogP contribution in [0.2, 0.25) is 0 Å². The zero-order valence-corrected chi connectivity index (χ0v) is 9.21. The van der Waals surface area contributed by atoms with Crippen molar-refractivity contribution >= 4 is 17.3 Å². The maximum absolute atomic E-state index is 10.8. The Morgan fingerprint density at radius 3 is 2.73 bits per heavy atom. The second-order valence-corrected chi connectivity index (χ2v) is 4.24. The molecule has 0 atom stereocenters. The van der Waals surface area contributed by atoms with Gasteiger partial charge in [-0.25, -0.2) is 4.79 Å². The van der Waals surface area contributed by atoms with Gasteiger partial charge in [-0.3, -0.25) is 4.68 Å². The lowest BCUT2D eigenvalue weighted by Crippen LogP contribution is -2.04. The van der Waals surface area contributed by atoms with E-state index in [9.17, 15) is 4.79 Å². The first kappa shape index (κ1) is 9.92.